The Balaban J connectivity index is 1.75. The molecule has 3 aromatic rings. The minimum Gasteiger partial charge on any atom is -0.494 e. The lowest BCUT2D eigenvalue weighted by atomic mass is 10.0. The van der Waals surface area contributed by atoms with Gasteiger partial charge in [0.15, 0.2) is 5.88 Å². The molecule has 150 valence electrons. The van der Waals surface area contributed by atoms with Gasteiger partial charge in [-0.25, -0.2) is 18.1 Å². The molecule has 0 bridgehead atoms. The monoisotopic (exact) mass is 412 g/mol. The summed E-state index contributed by atoms with van der Waals surface area (Å²) >= 11 is 0. The van der Waals surface area contributed by atoms with Gasteiger partial charge in [-0.15, -0.1) is 0 Å². The maximum absolute atomic E-state index is 12.8. The highest BCUT2D eigenvalue weighted by molar-refractivity contribution is 7.89. The number of carbonyl (C=O) groups is 1. The molecule has 0 saturated carbocycles. The summed E-state index contributed by atoms with van der Waals surface area (Å²) < 4.78 is 27.8. The van der Waals surface area contributed by atoms with Gasteiger partial charge in [0.25, 0.3) is 0 Å². The van der Waals surface area contributed by atoms with Crippen molar-refractivity contribution in [2.75, 3.05) is 13.1 Å². The Hall–Kier alpha value is -3.01. The third kappa shape index (κ3) is 3.44. The van der Waals surface area contributed by atoms with Crippen LogP contribution in [0.15, 0.2) is 52.4 Å². The molecule has 2 heterocycles. The highest BCUT2D eigenvalue weighted by Crippen LogP contribution is 2.35. The fourth-order valence-corrected chi connectivity index (χ4v) is 4.45. The molecule has 9 heteroatoms. The molecule has 8 nitrogen and oxygen atoms in total. The Kier molecular flexibility index (Phi) is 4.95. The van der Waals surface area contributed by atoms with E-state index in [1.165, 1.54) is 12.1 Å². The Bertz CT molecular complexity index is 1240. The first kappa shape index (κ1) is 19.3. The van der Waals surface area contributed by atoms with Crippen molar-refractivity contribution in [3.8, 4) is 5.88 Å². The zero-order chi connectivity index (χ0) is 20.6. The molecule has 2 aromatic carbocycles. The van der Waals surface area contributed by atoms with Crippen LogP contribution >= 0.6 is 0 Å². The minimum atomic E-state index is -3.74. The number of carbonyl (C=O) groups excluding carboxylic acids is 1. The molecule has 1 aliphatic heterocycles. The lowest BCUT2D eigenvalue weighted by Gasteiger charge is -2.07. The first-order chi connectivity index (χ1) is 13.9. The van der Waals surface area contributed by atoms with E-state index in [2.05, 4.69) is 14.7 Å². The first-order valence-electron chi connectivity index (χ1n) is 9.19. The number of para-hydroxylation sites is 1. The van der Waals surface area contributed by atoms with Crippen LogP contribution in [-0.2, 0) is 10.0 Å². The second-order valence-corrected chi connectivity index (χ2v) is 8.52. The molecular formula is C20H20N4O4S. The van der Waals surface area contributed by atoms with Gasteiger partial charge >= 0.3 is 0 Å². The van der Waals surface area contributed by atoms with E-state index < -0.39 is 10.0 Å². The average Bonchev–Trinajstić information content (AvgIpc) is 3.20. The standard InChI is InChI=1S/C20H20N4O4S/c21-9-3-4-10-22-29(27,28)12-7-8-16-14(11-12)17(20(26)24-16)18-19(25)13-5-1-2-6-15(13)23-18/h1-2,5-8,11,22,24,26H,3-4,9-10,21H2. The molecule has 4 rings (SSSR count). The van der Waals surface area contributed by atoms with Crippen LogP contribution in [0.3, 0.4) is 0 Å². The third-order valence-electron chi connectivity index (χ3n) is 4.82. The molecule has 0 atom stereocenters. The molecule has 0 fully saturated rings. The summed E-state index contributed by atoms with van der Waals surface area (Å²) in [5.74, 6) is -0.546. The Labute approximate surface area is 167 Å². The highest BCUT2D eigenvalue weighted by atomic mass is 32.2. The fraction of sp³-hybridized carbons (Fsp3) is 0.200. The number of aromatic amines is 1. The van der Waals surface area contributed by atoms with Gasteiger partial charge in [-0.05, 0) is 49.7 Å². The number of hydrogen-bond acceptors (Lipinski definition) is 6. The van der Waals surface area contributed by atoms with E-state index in [-0.39, 0.29) is 34.4 Å². The maximum atomic E-state index is 12.8. The molecule has 0 aliphatic carbocycles. The van der Waals surface area contributed by atoms with Crippen molar-refractivity contribution in [2.45, 2.75) is 17.7 Å². The normalized spacial score (nSPS) is 13.7. The van der Waals surface area contributed by atoms with Crippen LogP contribution in [0.1, 0.15) is 28.8 Å². The van der Waals surface area contributed by atoms with Gasteiger partial charge in [0.1, 0.15) is 5.71 Å². The summed E-state index contributed by atoms with van der Waals surface area (Å²) in [5, 5.41) is 10.8. The molecule has 5 N–H and O–H groups in total. The number of unbranched alkanes of at least 4 members (excludes halogenated alkanes) is 1. The van der Waals surface area contributed by atoms with Crippen molar-refractivity contribution >= 4 is 38.1 Å². The van der Waals surface area contributed by atoms with Gasteiger partial charge in [-0.3, -0.25) is 4.79 Å². The Morgan fingerprint density at radius 3 is 2.69 bits per heavy atom. The summed E-state index contributed by atoms with van der Waals surface area (Å²) in [7, 11) is -3.74. The smallest absolute Gasteiger partial charge is 0.240 e. The van der Waals surface area contributed by atoms with E-state index in [9.17, 15) is 18.3 Å². The van der Waals surface area contributed by atoms with E-state index in [1.807, 2.05) is 0 Å². The van der Waals surface area contributed by atoms with Crippen LogP contribution < -0.4 is 10.5 Å². The largest absolute Gasteiger partial charge is 0.494 e. The number of benzene rings is 2. The summed E-state index contributed by atoms with van der Waals surface area (Å²) in [6.45, 7) is 0.779. The van der Waals surface area contributed by atoms with Crippen molar-refractivity contribution in [1.82, 2.24) is 9.71 Å². The second kappa shape index (κ2) is 7.43. The molecule has 0 unspecified atom stereocenters. The molecule has 0 saturated heterocycles. The number of Topliss-reactive ketones (excluding diaryl/α,β-unsaturated/α-hetero) is 1. The number of ketones is 1. The molecule has 1 aliphatic rings. The van der Waals surface area contributed by atoms with Gasteiger partial charge in [-0.2, -0.15) is 0 Å². The lowest BCUT2D eigenvalue weighted by Crippen LogP contribution is -2.25. The maximum Gasteiger partial charge on any atom is 0.240 e. The number of nitrogens with one attached hydrogen (secondary N) is 2. The summed E-state index contributed by atoms with van der Waals surface area (Å²) in [6.07, 6.45) is 1.36. The molecule has 1 aromatic heterocycles. The van der Waals surface area contributed by atoms with Crippen LogP contribution in [0, 0.1) is 0 Å². The van der Waals surface area contributed by atoms with Crippen molar-refractivity contribution < 1.29 is 18.3 Å². The van der Waals surface area contributed by atoms with Gasteiger partial charge in [0, 0.05) is 23.0 Å². The predicted octanol–water partition coefficient (Wildman–Crippen LogP) is 2.21. The molecular weight excluding hydrogens is 392 g/mol. The van der Waals surface area contributed by atoms with Crippen LogP contribution in [0.25, 0.3) is 10.9 Å². The number of aromatic hydroxyl groups is 1. The minimum absolute atomic E-state index is 0.0431. The molecule has 0 spiro atoms. The zero-order valence-electron chi connectivity index (χ0n) is 15.5. The van der Waals surface area contributed by atoms with E-state index in [4.69, 9.17) is 5.73 Å². The van der Waals surface area contributed by atoms with Gasteiger partial charge < -0.3 is 15.8 Å². The van der Waals surface area contributed by atoms with Crippen molar-refractivity contribution in [3.05, 3.63) is 53.6 Å². The highest BCUT2D eigenvalue weighted by Gasteiger charge is 2.30. The number of aromatic nitrogens is 1. The summed E-state index contributed by atoms with van der Waals surface area (Å²) in [6, 6.07) is 11.3. The number of nitrogens with zero attached hydrogens (tertiary/aromatic N) is 1. The number of fused-ring (bicyclic) bond motifs is 2. The van der Waals surface area contributed by atoms with Gasteiger partial charge in [0.05, 0.1) is 16.1 Å². The average molecular weight is 412 g/mol. The Morgan fingerprint density at radius 2 is 1.93 bits per heavy atom. The number of H-pyrrole nitrogens is 1. The number of aliphatic imine (C=N–C) groups is 1. The third-order valence-corrected chi connectivity index (χ3v) is 6.28. The Morgan fingerprint density at radius 1 is 1.14 bits per heavy atom. The number of sulfonamides is 1. The second-order valence-electron chi connectivity index (χ2n) is 6.76. The number of hydrogen-bond donors (Lipinski definition) is 4. The van der Waals surface area contributed by atoms with E-state index in [0.29, 0.717) is 35.1 Å². The van der Waals surface area contributed by atoms with Crippen molar-refractivity contribution in [3.63, 3.8) is 0 Å². The van der Waals surface area contributed by atoms with Crippen LogP contribution in [0.4, 0.5) is 5.69 Å². The number of rotatable bonds is 7. The SMILES string of the molecule is NCCCCNS(=O)(=O)c1ccc2[nH]c(O)c(C3=Nc4ccccc4C3=O)c2c1. The van der Waals surface area contributed by atoms with Crippen molar-refractivity contribution in [2.24, 2.45) is 10.7 Å². The van der Waals surface area contributed by atoms with Gasteiger partial charge in [-0.1, -0.05) is 12.1 Å². The quantitative estimate of drug-likeness (QED) is 0.441. The zero-order valence-corrected chi connectivity index (χ0v) is 16.3. The first-order valence-corrected chi connectivity index (χ1v) is 10.7. The predicted molar refractivity (Wildman–Crippen MR) is 110 cm³/mol. The topological polar surface area (TPSA) is 138 Å². The fourth-order valence-electron chi connectivity index (χ4n) is 3.35. The van der Waals surface area contributed by atoms with E-state index in [0.717, 1.165) is 6.42 Å². The van der Waals surface area contributed by atoms with Gasteiger partial charge in [0.2, 0.25) is 15.8 Å². The van der Waals surface area contributed by atoms with E-state index in [1.54, 1.807) is 30.3 Å². The summed E-state index contributed by atoms with van der Waals surface area (Å²) in [5.41, 5.74) is 7.18. The summed E-state index contributed by atoms with van der Waals surface area (Å²) in [4.78, 5) is 20.0. The lowest BCUT2D eigenvalue weighted by molar-refractivity contribution is 0.107. The van der Waals surface area contributed by atoms with Crippen LogP contribution in [0.5, 0.6) is 5.88 Å². The molecule has 0 radical (unpaired) electrons. The molecule has 0 amide bonds. The van der Waals surface area contributed by atoms with E-state index >= 15 is 0 Å². The molecule has 29 heavy (non-hydrogen) atoms. The van der Waals surface area contributed by atoms with Crippen LogP contribution in [-0.4, -0.2) is 43.1 Å². The van der Waals surface area contributed by atoms with Crippen molar-refractivity contribution in [1.29, 1.82) is 0 Å². The number of nitrogens with two attached hydrogens (primary N) is 1. The van der Waals surface area contributed by atoms with Crippen LogP contribution in [0.2, 0.25) is 0 Å².